The van der Waals surface area contributed by atoms with Crippen LogP contribution in [0.3, 0.4) is 0 Å². The highest BCUT2D eigenvalue weighted by Gasteiger charge is 2.46. The van der Waals surface area contributed by atoms with Crippen LogP contribution in [-0.4, -0.2) is 88.7 Å². The molecule has 266 valence electrons. The Bertz CT molecular complexity index is 742. The first-order valence-electron chi connectivity index (χ1n) is 18.2. The molecule has 1 fully saturated rings. The molecule has 10 heteroatoms. The second-order valence-corrected chi connectivity index (χ2v) is 13.1. The summed E-state index contributed by atoms with van der Waals surface area (Å²) >= 11 is 0. The van der Waals surface area contributed by atoms with Gasteiger partial charge in [-0.25, -0.2) is 0 Å². The van der Waals surface area contributed by atoms with E-state index >= 15 is 0 Å². The van der Waals surface area contributed by atoms with Crippen LogP contribution in [0.5, 0.6) is 0 Å². The van der Waals surface area contributed by atoms with E-state index in [1.807, 2.05) is 0 Å². The molecule has 0 aromatic rings. The molecule has 0 unspecified atom stereocenters. The summed E-state index contributed by atoms with van der Waals surface area (Å²) in [7, 11) is 1.38. The van der Waals surface area contributed by atoms with Crippen LogP contribution in [0, 0.1) is 0 Å². The second kappa shape index (κ2) is 26.7. The molecule has 0 aliphatic carbocycles. The normalized spacial score (nSPS) is 23.0. The molecule has 1 aliphatic rings. The molecule has 0 aromatic heterocycles. The number of hydrogen-bond acceptors (Lipinski definition) is 8. The van der Waals surface area contributed by atoms with Crippen LogP contribution in [0.1, 0.15) is 155 Å². The minimum atomic E-state index is -1.32. The molecule has 1 heterocycles. The van der Waals surface area contributed by atoms with Crippen molar-refractivity contribution in [3.05, 3.63) is 0 Å². The van der Waals surface area contributed by atoms with Crippen molar-refractivity contribution in [3.63, 3.8) is 0 Å². The number of methoxy groups -OCH3 is 1. The van der Waals surface area contributed by atoms with Crippen LogP contribution in [0.25, 0.3) is 0 Å². The van der Waals surface area contributed by atoms with Gasteiger partial charge >= 0.3 is 0 Å². The second-order valence-electron chi connectivity index (χ2n) is 13.1. The van der Waals surface area contributed by atoms with Crippen molar-refractivity contribution in [2.45, 2.75) is 198 Å². The van der Waals surface area contributed by atoms with E-state index in [1.54, 1.807) is 0 Å². The number of ether oxygens (including phenoxy) is 2. The fraction of sp³-hybridized carbons (Fsp3) is 0.943. The van der Waals surface area contributed by atoms with E-state index in [-0.39, 0.29) is 12.8 Å². The van der Waals surface area contributed by atoms with E-state index in [4.69, 9.17) is 9.47 Å². The highest BCUT2D eigenvalue weighted by molar-refractivity contribution is 5.78. The Hall–Kier alpha value is -1.30. The molecular weight excluding hydrogens is 576 g/mol. The highest BCUT2D eigenvalue weighted by atomic mass is 16.7. The molecule has 0 spiro atoms. The molecule has 1 rings (SSSR count). The third kappa shape index (κ3) is 19.2. The van der Waals surface area contributed by atoms with Gasteiger partial charge in [-0.2, -0.15) is 0 Å². The Kier molecular flexibility index (Phi) is 24.8. The van der Waals surface area contributed by atoms with Gasteiger partial charge in [-0.1, -0.05) is 129 Å². The third-order valence-corrected chi connectivity index (χ3v) is 8.93. The van der Waals surface area contributed by atoms with Crippen LogP contribution in [0.2, 0.25) is 0 Å². The Morgan fingerprint density at radius 2 is 1.04 bits per heavy atom. The molecule has 0 radical (unpaired) electrons. The fourth-order valence-corrected chi connectivity index (χ4v) is 6.14. The summed E-state index contributed by atoms with van der Waals surface area (Å²) in [5, 5.41) is 47.1. The van der Waals surface area contributed by atoms with Crippen LogP contribution in [-0.2, 0) is 19.1 Å². The average Bonchev–Trinajstić information content (AvgIpc) is 3.01. The number of nitrogens with one attached hydrogen (secondary N) is 2. The first kappa shape index (κ1) is 41.7. The van der Waals surface area contributed by atoms with E-state index < -0.39 is 61.2 Å². The molecule has 45 heavy (non-hydrogen) atoms. The number of carbonyl (C=O) groups excluding carboxylic acids is 2. The van der Waals surface area contributed by atoms with E-state index in [1.165, 1.54) is 84.2 Å². The summed E-state index contributed by atoms with van der Waals surface area (Å²) < 4.78 is 11.1. The predicted octanol–water partition coefficient (Wildman–Crippen LogP) is 5.02. The number of aliphatic hydroxyl groups excluding tert-OH is 4. The molecule has 10 nitrogen and oxygen atoms in total. The molecule has 0 aromatic carbocycles. The van der Waals surface area contributed by atoms with E-state index in [0.717, 1.165) is 38.5 Å². The average molecular weight is 645 g/mol. The van der Waals surface area contributed by atoms with Crippen LogP contribution in [0.15, 0.2) is 0 Å². The van der Waals surface area contributed by atoms with Crippen molar-refractivity contribution in [1.29, 1.82) is 0 Å². The zero-order valence-corrected chi connectivity index (χ0v) is 28.7. The van der Waals surface area contributed by atoms with Gasteiger partial charge in [-0.15, -0.1) is 0 Å². The lowest BCUT2D eigenvalue weighted by molar-refractivity contribution is -0.241. The van der Waals surface area contributed by atoms with Crippen molar-refractivity contribution in [1.82, 2.24) is 10.6 Å². The third-order valence-electron chi connectivity index (χ3n) is 8.93. The Labute approximate surface area is 273 Å². The minimum Gasteiger partial charge on any atom is -0.394 e. The maximum atomic E-state index is 12.9. The predicted molar refractivity (Wildman–Crippen MR) is 178 cm³/mol. The lowest BCUT2D eigenvalue weighted by atomic mass is 9.93. The first-order chi connectivity index (χ1) is 21.8. The van der Waals surface area contributed by atoms with Gasteiger partial charge in [0.05, 0.1) is 37.7 Å². The monoisotopic (exact) mass is 644 g/mol. The highest BCUT2D eigenvalue weighted by Crippen LogP contribution is 2.23. The van der Waals surface area contributed by atoms with Crippen molar-refractivity contribution in [2.75, 3.05) is 13.7 Å². The lowest BCUT2D eigenvalue weighted by Gasteiger charge is -2.44. The maximum absolute atomic E-state index is 12.9. The molecule has 1 saturated heterocycles. The van der Waals surface area contributed by atoms with Crippen LogP contribution in [0.4, 0.5) is 0 Å². The summed E-state index contributed by atoms with van der Waals surface area (Å²) in [5.41, 5.74) is 0. The Morgan fingerprint density at radius 1 is 0.667 bits per heavy atom. The molecular formula is C35H68N2O8. The Morgan fingerprint density at radius 3 is 1.42 bits per heavy atom. The number of rotatable bonds is 28. The van der Waals surface area contributed by atoms with Crippen molar-refractivity contribution in [2.24, 2.45) is 0 Å². The fourth-order valence-electron chi connectivity index (χ4n) is 6.14. The smallest absolute Gasteiger partial charge is 0.223 e. The molecule has 0 saturated carbocycles. The number of unbranched alkanes of at least 4 members (excludes halogenated alkanes) is 16. The standard InChI is InChI=1S/C35H68N2O8/c1-4-6-8-10-12-14-16-18-20-22-27(39)24-30(41)36-32-33(35(44-3)45-29(26-38)34(32)43)37-31(42)25-28(40)23-21-19-17-15-13-11-9-7-5-2/h27-29,32-35,38-40,43H,4-26H2,1-3H3,(H,36,41)(H,37,42)/t27-,28-,29-,32-,33-,34-,35-/m1/s1. The SMILES string of the molecule is CCCCCCCCCCC[C@@H](O)CC(=O)N[C@H]1[C@H](OC)O[C@H](CO)[C@@H](O)[C@@H]1NC(=O)C[C@H](O)CCCCCCCCCCC. The van der Waals surface area contributed by atoms with Gasteiger partial charge in [0.15, 0.2) is 6.29 Å². The zero-order chi connectivity index (χ0) is 33.3. The van der Waals surface area contributed by atoms with E-state index in [9.17, 15) is 30.0 Å². The van der Waals surface area contributed by atoms with Gasteiger partial charge in [-0.3, -0.25) is 9.59 Å². The number of hydrogen-bond donors (Lipinski definition) is 6. The molecule has 0 bridgehead atoms. The summed E-state index contributed by atoms with van der Waals surface area (Å²) in [5.74, 6) is -0.922. The maximum Gasteiger partial charge on any atom is 0.223 e. The molecule has 2 amide bonds. The van der Waals surface area contributed by atoms with E-state index in [0.29, 0.717) is 12.8 Å². The van der Waals surface area contributed by atoms with E-state index in [2.05, 4.69) is 24.5 Å². The van der Waals surface area contributed by atoms with Gasteiger partial charge in [0.2, 0.25) is 11.8 Å². The molecule has 1 aliphatic heterocycles. The zero-order valence-electron chi connectivity index (χ0n) is 28.7. The summed E-state index contributed by atoms with van der Waals surface area (Å²) in [6, 6.07) is -1.98. The van der Waals surface area contributed by atoms with Gasteiger partial charge in [-0.05, 0) is 12.8 Å². The van der Waals surface area contributed by atoms with Crippen molar-refractivity contribution < 1.29 is 39.5 Å². The minimum absolute atomic E-state index is 0.123. The largest absolute Gasteiger partial charge is 0.394 e. The molecule has 7 atom stereocenters. The molecule has 6 N–H and O–H groups in total. The summed E-state index contributed by atoms with van der Waals surface area (Å²) in [4.78, 5) is 25.8. The van der Waals surface area contributed by atoms with Crippen molar-refractivity contribution in [3.8, 4) is 0 Å². The number of amides is 2. The number of aliphatic hydroxyl groups is 4. The first-order valence-corrected chi connectivity index (χ1v) is 18.2. The quantitative estimate of drug-likeness (QED) is 0.0648. The Balaban J connectivity index is 2.52. The van der Waals surface area contributed by atoms with Gasteiger partial charge < -0.3 is 40.5 Å². The summed E-state index contributed by atoms with van der Waals surface area (Å²) in [6.07, 6.45) is 16.8. The van der Waals surface area contributed by atoms with Gasteiger partial charge in [0.1, 0.15) is 18.2 Å². The van der Waals surface area contributed by atoms with Crippen LogP contribution < -0.4 is 10.6 Å². The lowest BCUT2D eigenvalue weighted by Crippen LogP contribution is -2.69. The van der Waals surface area contributed by atoms with Crippen LogP contribution >= 0.6 is 0 Å². The number of carbonyl (C=O) groups is 2. The van der Waals surface area contributed by atoms with Gasteiger partial charge in [0, 0.05) is 7.11 Å². The van der Waals surface area contributed by atoms with Crippen molar-refractivity contribution >= 4 is 11.8 Å². The summed E-state index contributed by atoms with van der Waals surface area (Å²) in [6.45, 7) is 3.92. The van der Waals surface area contributed by atoms with Gasteiger partial charge in [0.25, 0.3) is 0 Å². The topological polar surface area (TPSA) is 158 Å².